The molecular formula is C17H20FN3O2. The fourth-order valence-electron chi connectivity index (χ4n) is 2.76. The minimum atomic E-state index is -0.261. The summed E-state index contributed by atoms with van der Waals surface area (Å²) in [4.78, 5) is 18.3. The number of ether oxygens (including phenoxy) is 1. The van der Waals surface area contributed by atoms with Gasteiger partial charge in [-0.1, -0.05) is 0 Å². The van der Waals surface area contributed by atoms with Gasteiger partial charge >= 0.3 is 0 Å². The second kappa shape index (κ2) is 6.81. The first-order valence-electron chi connectivity index (χ1n) is 7.78. The Labute approximate surface area is 134 Å². The van der Waals surface area contributed by atoms with Crippen LogP contribution >= 0.6 is 0 Å². The predicted molar refractivity (Wildman–Crippen MR) is 86.3 cm³/mol. The number of benzene rings is 1. The number of aromatic nitrogens is 2. The van der Waals surface area contributed by atoms with Gasteiger partial charge in [0.05, 0.1) is 6.61 Å². The average Bonchev–Trinajstić information content (AvgIpc) is 2.57. The Kier molecular flexibility index (Phi) is 4.60. The molecule has 0 saturated carbocycles. The largest absolute Gasteiger partial charge is 0.493 e. The summed E-state index contributed by atoms with van der Waals surface area (Å²) in [5, 5.41) is 0. The lowest BCUT2D eigenvalue weighted by Gasteiger charge is -2.32. The number of halogens is 1. The molecule has 2 heterocycles. The van der Waals surface area contributed by atoms with E-state index in [0.717, 1.165) is 25.9 Å². The molecule has 6 heteroatoms. The highest BCUT2D eigenvalue weighted by Crippen LogP contribution is 2.21. The molecule has 5 nitrogen and oxygen atoms in total. The molecule has 0 unspecified atom stereocenters. The lowest BCUT2D eigenvalue weighted by atomic mass is 9.98. The fraction of sp³-hybridized carbons (Fsp3) is 0.412. The monoisotopic (exact) mass is 317 g/mol. The average molecular weight is 317 g/mol. The first kappa shape index (κ1) is 15.5. The summed E-state index contributed by atoms with van der Waals surface area (Å²) in [5.74, 6) is 1.38. The zero-order chi connectivity index (χ0) is 16.2. The van der Waals surface area contributed by atoms with Crippen LogP contribution in [0.1, 0.15) is 12.8 Å². The van der Waals surface area contributed by atoms with Gasteiger partial charge in [-0.2, -0.15) is 0 Å². The number of piperidine rings is 1. The van der Waals surface area contributed by atoms with E-state index >= 15 is 0 Å². The smallest absolute Gasteiger partial charge is 0.293 e. The zero-order valence-corrected chi connectivity index (χ0v) is 13.1. The van der Waals surface area contributed by atoms with Crippen molar-refractivity contribution in [2.24, 2.45) is 13.0 Å². The van der Waals surface area contributed by atoms with Gasteiger partial charge < -0.3 is 14.2 Å². The van der Waals surface area contributed by atoms with E-state index in [1.165, 1.54) is 12.1 Å². The van der Waals surface area contributed by atoms with Crippen molar-refractivity contribution < 1.29 is 9.13 Å². The summed E-state index contributed by atoms with van der Waals surface area (Å²) in [6.45, 7) is 2.20. The maximum Gasteiger partial charge on any atom is 0.293 e. The van der Waals surface area contributed by atoms with Gasteiger partial charge in [0, 0.05) is 32.5 Å². The second-order valence-corrected chi connectivity index (χ2v) is 5.86. The van der Waals surface area contributed by atoms with E-state index in [9.17, 15) is 9.18 Å². The molecular weight excluding hydrogens is 297 g/mol. The van der Waals surface area contributed by atoms with E-state index in [2.05, 4.69) is 4.98 Å². The molecule has 122 valence electrons. The van der Waals surface area contributed by atoms with Gasteiger partial charge in [-0.25, -0.2) is 9.37 Å². The van der Waals surface area contributed by atoms with Crippen LogP contribution in [0, 0.1) is 11.7 Å². The third kappa shape index (κ3) is 3.70. The third-order valence-corrected chi connectivity index (χ3v) is 4.21. The van der Waals surface area contributed by atoms with Crippen LogP contribution in [-0.4, -0.2) is 29.2 Å². The number of aryl methyl sites for hydroxylation is 1. The molecule has 23 heavy (non-hydrogen) atoms. The minimum Gasteiger partial charge on any atom is -0.493 e. The SMILES string of the molecule is Cn1ccnc(N2CCC(COc3ccc(F)cc3)CC2)c1=O. The van der Waals surface area contributed by atoms with Gasteiger partial charge in [-0.15, -0.1) is 0 Å². The van der Waals surface area contributed by atoms with Crippen molar-refractivity contribution in [1.29, 1.82) is 0 Å². The molecule has 1 aromatic carbocycles. The molecule has 0 bridgehead atoms. The topological polar surface area (TPSA) is 47.4 Å². The molecule has 0 amide bonds. The molecule has 3 rings (SSSR count). The van der Waals surface area contributed by atoms with Gasteiger partial charge in [0.25, 0.3) is 5.56 Å². The molecule has 1 aromatic heterocycles. The Bertz CT molecular complexity index is 707. The maximum absolute atomic E-state index is 12.9. The summed E-state index contributed by atoms with van der Waals surface area (Å²) < 4.78 is 20.1. The molecule has 1 aliphatic rings. The second-order valence-electron chi connectivity index (χ2n) is 5.86. The van der Waals surface area contributed by atoms with Gasteiger partial charge in [-0.3, -0.25) is 4.79 Å². The van der Waals surface area contributed by atoms with Gasteiger partial charge in [0.2, 0.25) is 0 Å². The Hall–Kier alpha value is -2.37. The Morgan fingerprint density at radius 2 is 1.96 bits per heavy atom. The maximum atomic E-state index is 12.9. The van der Waals surface area contributed by atoms with Crippen LogP contribution < -0.4 is 15.2 Å². The van der Waals surface area contributed by atoms with Gasteiger partial charge in [0.1, 0.15) is 11.6 Å². The van der Waals surface area contributed by atoms with Gasteiger partial charge in [0.15, 0.2) is 5.82 Å². The molecule has 1 saturated heterocycles. The predicted octanol–water partition coefficient (Wildman–Crippen LogP) is 2.21. The van der Waals surface area contributed by atoms with Crippen molar-refractivity contribution in [2.75, 3.05) is 24.6 Å². The lowest BCUT2D eigenvalue weighted by Crippen LogP contribution is -2.39. The van der Waals surface area contributed by atoms with E-state index in [-0.39, 0.29) is 11.4 Å². The van der Waals surface area contributed by atoms with E-state index in [4.69, 9.17) is 4.74 Å². The standard InChI is InChI=1S/C17H20FN3O2/c1-20-11-8-19-16(17(20)22)21-9-6-13(7-10-21)12-23-15-4-2-14(18)3-5-15/h2-5,8,11,13H,6-7,9-10,12H2,1H3. The first-order chi connectivity index (χ1) is 11.1. The Morgan fingerprint density at radius 3 is 2.65 bits per heavy atom. The first-order valence-corrected chi connectivity index (χ1v) is 7.78. The zero-order valence-electron chi connectivity index (χ0n) is 13.1. The normalized spacial score (nSPS) is 15.7. The van der Waals surface area contributed by atoms with Gasteiger partial charge in [-0.05, 0) is 43.0 Å². The van der Waals surface area contributed by atoms with Crippen LogP contribution in [0.25, 0.3) is 0 Å². The number of hydrogen-bond acceptors (Lipinski definition) is 4. The van der Waals surface area contributed by atoms with Crippen LogP contribution in [0.5, 0.6) is 5.75 Å². The molecule has 0 N–H and O–H groups in total. The van der Waals surface area contributed by atoms with Crippen molar-refractivity contribution in [2.45, 2.75) is 12.8 Å². The molecule has 0 spiro atoms. The van der Waals surface area contributed by atoms with Crippen LogP contribution in [0.4, 0.5) is 10.2 Å². The van der Waals surface area contributed by atoms with Crippen LogP contribution in [0.3, 0.4) is 0 Å². The van der Waals surface area contributed by atoms with Crippen molar-refractivity contribution >= 4 is 5.82 Å². The number of rotatable bonds is 4. The lowest BCUT2D eigenvalue weighted by molar-refractivity contribution is 0.222. The Morgan fingerprint density at radius 1 is 1.26 bits per heavy atom. The van der Waals surface area contributed by atoms with Crippen LogP contribution in [0.2, 0.25) is 0 Å². The van der Waals surface area contributed by atoms with Crippen molar-refractivity contribution in [1.82, 2.24) is 9.55 Å². The number of nitrogens with zero attached hydrogens (tertiary/aromatic N) is 3. The minimum absolute atomic E-state index is 0.0616. The molecule has 0 radical (unpaired) electrons. The van der Waals surface area contributed by atoms with E-state index in [1.807, 2.05) is 4.90 Å². The van der Waals surface area contributed by atoms with E-state index in [1.54, 1.807) is 36.1 Å². The molecule has 1 fully saturated rings. The Balaban J connectivity index is 1.53. The quantitative estimate of drug-likeness (QED) is 0.867. The summed E-state index contributed by atoms with van der Waals surface area (Å²) in [5.41, 5.74) is -0.0616. The summed E-state index contributed by atoms with van der Waals surface area (Å²) in [7, 11) is 1.73. The van der Waals surface area contributed by atoms with Crippen molar-refractivity contribution in [3.05, 3.63) is 52.8 Å². The fourth-order valence-corrected chi connectivity index (χ4v) is 2.76. The molecule has 0 atom stereocenters. The number of hydrogen-bond donors (Lipinski definition) is 0. The highest BCUT2D eigenvalue weighted by molar-refractivity contribution is 5.36. The highest BCUT2D eigenvalue weighted by Gasteiger charge is 2.22. The highest BCUT2D eigenvalue weighted by atomic mass is 19.1. The van der Waals surface area contributed by atoms with Crippen LogP contribution in [0.15, 0.2) is 41.5 Å². The van der Waals surface area contributed by atoms with E-state index < -0.39 is 0 Å². The molecule has 1 aliphatic heterocycles. The third-order valence-electron chi connectivity index (χ3n) is 4.21. The van der Waals surface area contributed by atoms with E-state index in [0.29, 0.717) is 24.1 Å². The summed E-state index contributed by atoms with van der Waals surface area (Å²) in [6, 6.07) is 6.08. The number of anilines is 1. The molecule has 2 aromatic rings. The van der Waals surface area contributed by atoms with Crippen molar-refractivity contribution in [3.8, 4) is 5.75 Å². The van der Waals surface area contributed by atoms with Crippen molar-refractivity contribution in [3.63, 3.8) is 0 Å². The molecule has 0 aliphatic carbocycles. The van der Waals surface area contributed by atoms with Crippen LogP contribution in [-0.2, 0) is 7.05 Å². The summed E-state index contributed by atoms with van der Waals surface area (Å²) >= 11 is 0. The summed E-state index contributed by atoms with van der Waals surface area (Å²) in [6.07, 6.45) is 5.21.